The zero-order chi connectivity index (χ0) is 26.7. The highest BCUT2D eigenvalue weighted by atomic mass is 19.1. The Morgan fingerprint density at radius 1 is 1.05 bits per heavy atom. The summed E-state index contributed by atoms with van der Waals surface area (Å²) in [4.78, 5) is 54.3. The van der Waals surface area contributed by atoms with Crippen LogP contribution in [0.1, 0.15) is 59.4 Å². The molecule has 1 fully saturated rings. The molecule has 1 unspecified atom stereocenters. The summed E-state index contributed by atoms with van der Waals surface area (Å²) in [5.74, 6) is -2.46. The Hall–Kier alpha value is -3.59. The molecule has 0 bridgehead atoms. The van der Waals surface area contributed by atoms with Gasteiger partial charge in [0.15, 0.2) is 0 Å². The lowest BCUT2D eigenvalue weighted by Crippen LogP contribution is -2.43. The molecule has 2 heterocycles. The quantitative estimate of drug-likeness (QED) is 0.300. The van der Waals surface area contributed by atoms with Crippen molar-refractivity contribution in [3.63, 3.8) is 0 Å². The number of fused-ring (bicyclic) bond motifs is 1. The van der Waals surface area contributed by atoms with E-state index in [2.05, 4.69) is 0 Å². The van der Waals surface area contributed by atoms with Gasteiger partial charge in [-0.3, -0.25) is 29.3 Å². The first-order chi connectivity index (χ1) is 17.6. The highest BCUT2D eigenvalue weighted by Gasteiger charge is 2.48. The zero-order valence-electron chi connectivity index (χ0n) is 21.2. The van der Waals surface area contributed by atoms with E-state index in [1.165, 1.54) is 6.07 Å². The summed E-state index contributed by atoms with van der Waals surface area (Å²) >= 11 is 0. The molecule has 1 saturated heterocycles. The van der Waals surface area contributed by atoms with Crippen LogP contribution in [-0.2, 0) is 16.0 Å². The third-order valence-corrected chi connectivity index (χ3v) is 7.16. The molecule has 196 valence electrons. The number of nitrogens with zero attached hydrogens (tertiary/aromatic N) is 3. The van der Waals surface area contributed by atoms with Crippen molar-refractivity contribution in [2.75, 3.05) is 26.2 Å². The smallest absolute Gasteiger partial charge is 0.261 e. The number of hydroxylamine groups is 2. The Morgan fingerprint density at radius 3 is 2.46 bits per heavy atom. The monoisotopic (exact) mass is 509 g/mol. The number of benzene rings is 2. The fourth-order valence-electron chi connectivity index (χ4n) is 5.39. The number of halogens is 1. The van der Waals surface area contributed by atoms with Crippen LogP contribution in [0, 0.1) is 17.2 Å². The number of amides is 4. The van der Waals surface area contributed by atoms with Gasteiger partial charge in [0.25, 0.3) is 11.8 Å². The van der Waals surface area contributed by atoms with Crippen LogP contribution in [0.4, 0.5) is 4.39 Å². The minimum Gasteiger partial charge on any atom is -0.342 e. The molecule has 2 aliphatic heterocycles. The number of rotatable bonds is 10. The third-order valence-electron chi connectivity index (χ3n) is 7.16. The predicted octanol–water partition coefficient (Wildman–Crippen LogP) is 3.54. The second kappa shape index (κ2) is 10.8. The molecule has 1 atom stereocenters. The molecule has 0 radical (unpaired) electrons. The van der Waals surface area contributed by atoms with Crippen LogP contribution < -0.4 is 0 Å². The first-order valence-electron chi connectivity index (χ1n) is 12.6. The Labute approximate surface area is 215 Å². The predicted molar refractivity (Wildman–Crippen MR) is 133 cm³/mol. The van der Waals surface area contributed by atoms with E-state index < -0.39 is 29.0 Å². The first kappa shape index (κ1) is 26.5. The van der Waals surface area contributed by atoms with Crippen LogP contribution in [0.2, 0.25) is 0 Å². The van der Waals surface area contributed by atoms with Gasteiger partial charge >= 0.3 is 0 Å². The van der Waals surface area contributed by atoms with Crippen molar-refractivity contribution >= 4 is 23.6 Å². The van der Waals surface area contributed by atoms with Crippen molar-refractivity contribution in [2.45, 2.75) is 39.5 Å². The third kappa shape index (κ3) is 5.56. The summed E-state index contributed by atoms with van der Waals surface area (Å²) < 4.78 is 13.5. The molecule has 2 aromatic carbocycles. The largest absolute Gasteiger partial charge is 0.342 e. The molecule has 4 rings (SSSR count). The number of likely N-dealkylation sites (tertiary alicyclic amines) is 1. The van der Waals surface area contributed by atoms with Crippen molar-refractivity contribution < 1.29 is 28.8 Å². The van der Waals surface area contributed by atoms with Crippen LogP contribution in [0.15, 0.2) is 48.5 Å². The van der Waals surface area contributed by atoms with Gasteiger partial charge in [-0.15, -0.1) is 0 Å². The highest BCUT2D eigenvalue weighted by molar-refractivity contribution is 6.21. The SMILES string of the molecule is CC(C)CC1(CC(=O)N(O)CCN2C(=O)c3ccc(F)cc3C2=O)CCN(CCc2ccccc2)C1=O. The van der Waals surface area contributed by atoms with Gasteiger partial charge in [0.05, 0.1) is 23.1 Å². The van der Waals surface area contributed by atoms with Gasteiger partial charge in [-0.25, -0.2) is 9.45 Å². The summed E-state index contributed by atoms with van der Waals surface area (Å²) in [6, 6.07) is 13.2. The van der Waals surface area contributed by atoms with Gasteiger partial charge in [0.2, 0.25) is 11.8 Å². The lowest BCUT2D eigenvalue weighted by atomic mass is 9.75. The summed E-state index contributed by atoms with van der Waals surface area (Å²) in [5.41, 5.74) is 0.273. The number of hydrogen-bond donors (Lipinski definition) is 1. The Kier molecular flexibility index (Phi) is 7.73. The van der Waals surface area contributed by atoms with E-state index in [1.54, 1.807) is 4.90 Å². The van der Waals surface area contributed by atoms with Gasteiger partial charge in [-0.2, -0.15) is 0 Å². The molecular formula is C28H32FN3O5. The van der Waals surface area contributed by atoms with E-state index >= 15 is 0 Å². The molecule has 0 saturated carbocycles. The summed E-state index contributed by atoms with van der Waals surface area (Å²) in [7, 11) is 0. The molecule has 2 aromatic rings. The average Bonchev–Trinajstić information content (AvgIpc) is 3.28. The Bertz CT molecular complexity index is 1200. The van der Waals surface area contributed by atoms with Crippen LogP contribution in [0.5, 0.6) is 0 Å². The van der Waals surface area contributed by atoms with Crippen molar-refractivity contribution in [2.24, 2.45) is 11.3 Å². The standard InChI is InChI=1S/C28H32FN3O5/c1-19(2)17-28(11-13-30(27(28)36)12-10-20-6-4-3-5-7-20)18-24(33)32(37)15-14-31-25(34)22-9-8-21(29)16-23(22)26(31)35/h3-9,16,19,37H,10-15,17-18H2,1-2H3. The normalized spacial score (nSPS) is 19.2. The second-order valence-electron chi connectivity index (χ2n) is 10.3. The summed E-state index contributed by atoms with van der Waals surface area (Å²) in [5, 5.41) is 11.0. The van der Waals surface area contributed by atoms with Crippen LogP contribution in [-0.4, -0.2) is 69.9 Å². The van der Waals surface area contributed by atoms with Gasteiger partial charge in [0, 0.05) is 26.1 Å². The van der Waals surface area contributed by atoms with Gasteiger partial charge < -0.3 is 4.90 Å². The van der Waals surface area contributed by atoms with Gasteiger partial charge in [-0.1, -0.05) is 44.2 Å². The summed E-state index contributed by atoms with van der Waals surface area (Å²) in [6.07, 6.45) is 1.59. The van der Waals surface area contributed by atoms with E-state index in [0.29, 0.717) is 37.4 Å². The van der Waals surface area contributed by atoms with E-state index in [9.17, 15) is 28.8 Å². The Balaban J connectivity index is 1.37. The first-order valence-corrected chi connectivity index (χ1v) is 12.6. The molecule has 0 aliphatic carbocycles. The van der Waals surface area contributed by atoms with Crippen LogP contribution >= 0.6 is 0 Å². The van der Waals surface area contributed by atoms with Crippen molar-refractivity contribution in [1.29, 1.82) is 0 Å². The fraction of sp³-hybridized carbons (Fsp3) is 0.429. The highest BCUT2D eigenvalue weighted by Crippen LogP contribution is 2.41. The molecular weight excluding hydrogens is 477 g/mol. The maximum atomic E-state index is 13.5. The minimum absolute atomic E-state index is 0.0381. The number of carbonyl (C=O) groups is 4. The topological polar surface area (TPSA) is 98.2 Å². The van der Waals surface area contributed by atoms with E-state index in [1.807, 2.05) is 44.2 Å². The maximum absolute atomic E-state index is 13.5. The lowest BCUT2D eigenvalue weighted by Gasteiger charge is -2.30. The Morgan fingerprint density at radius 2 is 1.76 bits per heavy atom. The van der Waals surface area contributed by atoms with Gasteiger partial charge in [0.1, 0.15) is 5.82 Å². The molecule has 0 aromatic heterocycles. The van der Waals surface area contributed by atoms with E-state index in [-0.39, 0.29) is 42.5 Å². The molecule has 8 nitrogen and oxygen atoms in total. The molecule has 37 heavy (non-hydrogen) atoms. The molecule has 0 spiro atoms. The van der Waals surface area contributed by atoms with E-state index in [0.717, 1.165) is 22.6 Å². The molecule has 1 N–H and O–H groups in total. The van der Waals surface area contributed by atoms with Crippen LogP contribution in [0.25, 0.3) is 0 Å². The maximum Gasteiger partial charge on any atom is 0.261 e. The van der Waals surface area contributed by atoms with Crippen molar-refractivity contribution in [3.8, 4) is 0 Å². The average molecular weight is 510 g/mol. The molecule has 2 aliphatic rings. The molecule has 4 amide bonds. The number of hydrogen-bond acceptors (Lipinski definition) is 5. The number of carbonyl (C=O) groups excluding carboxylic acids is 4. The van der Waals surface area contributed by atoms with E-state index in [4.69, 9.17) is 0 Å². The number of imide groups is 1. The fourth-order valence-corrected chi connectivity index (χ4v) is 5.39. The molecule has 9 heteroatoms. The van der Waals surface area contributed by atoms with Gasteiger partial charge in [-0.05, 0) is 48.9 Å². The van der Waals surface area contributed by atoms with Crippen molar-refractivity contribution in [1.82, 2.24) is 14.9 Å². The van der Waals surface area contributed by atoms with Crippen molar-refractivity contribution in [3.05, 3.63) is 71.0 Å². The van der Waals surface area contributed by atoms with Crippen LogP contribution in [0.3, 0.4) is 0 Å². The minimum atomic E-state index is -0.907. The zero-order valence-corrected chi connectivity index (χ0v) is 21.2. The lowest BCUT2D eigenvalue weighted by molar-refractivity contribution is -0.170. The summed E-state index contributed by atoms with van der Waals surface area (Å²) in [6.45, 7) is 4.53. The second-order valence-corrected chi connectivity index (χ2v) is 10.3.